The molecular weight excluding hydrogens is 556 g/mol. The van der Waals surface area contributed by atoms with Crippen molar-refractivity contribution in [1.29, 1.82) is 0 Å². The van der Waals surface area contributed by atoms with E-state index in [9.17, 15) is 19.7 Å². The van der Waals surface area contributed by atoms with Crippen LogP contribution >= 0.6 is 15.9 Å². The maximum absolute atomic E-state index is 13.4. The second-order valence-corrected chi connectivity index (χ2v) is 10.4. The van der Waals surface area contributed by atoms with Gasteiger partial charge in [-0.05, 0) is 42.0 Å². The molecule has 0 aliphatic carbocycles. The van der Waals surface area contributed by atoms with Crippen LogP contribution in [0.5, 0.6) is 5.75 Å². The van der Waals surface area contributed by atoms with Crippen molar-refractivity contribution in [3.63, 3.8) is 0 Å². The van der Waals surface area contributed by atoms with Gasteiger partial charge in [0.05, 0.1) is 27.6 Å². The van der Waals surface area contributed by atoms with Gasteiger partial charge in [-0.15, -0.1) is 0 Å². The number of nitro groups is 1. The van der Waals surface area contributed by atoms with E-state index in [1.54, 1.807) is 30.3 Å². The molecule has 0 spiro atoms. The number of rotatable bonds is 7. The highest BCUT2D eigenvalue weighted by Crippen LogP contribution is 2.26. The summed E-state index contributed by atoms with van der Waals surface area (Å²) < 4.78 is 7.80. The number of nitrogens with zero attached hydrogens (tertiary/aromatic N) is 4. The molecule has 0 amide bonds. The highest BCUT2D eigenvalue weighted by Gasteiger charge is 2.23. The number of nitro benzene ring substituents is 1. The topological polar surface area (TPSA) is 137 Å². The highest BCUT2D eigenvalue weighted by molar-refractivity contribution is 9.10. The van der Waals surface area contributed by atoms with Gasteiger partial charge in [0, 0.05) is 27.6 Å². The van der Waals surface area contributed by atoms with Crippen molar-refractivity contribution in [1.82, 2.24) is 9.66 Å². The van der Waals surface area contributed by atoms with Crippen LogP contribution in [0.25, 0.3) is 10.9 Å². The van der Waals surface area contributed by atoms with Gasteiger partial charge < -0.3 is 9.84 Å². The summed E-state index contributed by atoms with van der Waals surface area (Å²) in [4.78, 5) is 40.1. The van der Waals surface area contributed by atoms with Crippen LogP contribution in [-0.4, -0.2) is 31.9 Å². The largest absolute Gasteiger partial charge is 0.488 e. The summed E-state index contributed by atoms with van der Waals surface area (Å²) in [6.07, 6.45) is 1.33. The average Bonchev–Trinajstić information content (AvgIpc) is 2.87. The summed E-state index contributed by atoms with van der Waals surface area (Å²) in [5.41, 5.74) is 0.560. The van der Waals surface area contributed by atoms with Crippen LogP contribution in [0, 0.1) is 10.1 Å². The summed E-state index contributed by atoms with van der Waals surface area (Å²) in [5.74, 6) is -0.324. The summed E-state index contributed by atoms with van der Waals surface area (Å²) in [5, 5.41) is 25.3. The molecule has 0 unspecified atom stereocenters. The summed E-state index contributed by atoms with van der Waals surface area (Å²) >= 11 is 3.38. The molecule has 0 atom stereocenters. The third-order valence-corrected chi connectivity index (χ3v) is 6.08. The summed E-state index contributed by atoms with van der Waals surface area (Å²) in [6.45, 7) is 5.80. The number of hydrogen-bond donors (Lipinski definition) is 1. The molecule has 1 N–H and O–H groups in total. The minimum absolute atomic E-state index is 0.0807. The molecule has 4 rings (SSSR count). The zero-order valence-electron chi connectivity index (χ0n) is 20.7. The fraction of sp³-hybridized carbons (Fsp3) is 0.185. The molecule has 1 heterocycles. The van der Waals surface area contributed by atoms with Crippen molar-refractivity contribution in [3.05, 3.63) is 108 Å². The number of hydrogen-bond acceptors (Lipinski definition) is 7. The van der Waals surface area contributed by atoms with Gasteiger partial charge in [-0.1, -0.05) is 48.8 Å². The molecule has 0 aliphatic heterocycles. The van der Waals surface area contributed by atoms with E-state index in [1.165, 1.54) is 41.2 Å². The Morgan fingerprint density at radius 1 is 1.16 bits per heavy atom. The van der Waals surface area contributed by atoms with Gasteiger partial charge in [0.1, 0.15) is 18.2 Å². The van der Waals surface area contributed by atoms with Crippen molar-refractivity contribution >= 4 is 44.7 Å². The summed E-state index contributed by atoms with van der Waals surface area (Å²) in [6, 6.07) is 15.5. The first-order chi connectivity index (χ1) is 17.9. The van der Waals surface area contributed by atoms with Gasteiger partial charge in [0.2, 0.25) is 0 Å². The monoisotopic (exact) mass is 578 g/mol. The first-order valence-corrected chi connectivity index (χ1v) is 12.2. The molecule has 4 aromatic rings. The third kappa shape index (κ3) is 5.78. The Bertz CT molecular complexity index is 1640. The quantitative estimate of drug-likeness (QED) is 0.173. The Kier molecular flexibility index (Phi) is 7.40. The lowest BCUT2D eigenvalue weighted by Gasteiger charge is -2.21. The van der Waals surface area contributed by atoms with E-state index in [1.807, 2.05) is 20.8 Å². The molecule has 0 saturated carbocycles. The zero-order valence-corrected chi connectivity index (χ0v) is 22.3. The van der Waals surface area contributed by atoms with E-state index in [0.29, 0.717) is 32.5 Å². The molecule has 0 radical (unpaired) electrons. The Balaban J connectivity index is 1.76. The van der Waals surface area contributed by atoms with Crippen LogP contribution in [-0.2, 0) is 12.0 Å². The van der Waals surface area contributed by atoms with Gasteiger partial charge in [0.15, 0.2) is 0 Å². The van der Waals surface area contributed by atoms with Crippen molar-refractivity contribution in [3.8, 4) is 5.75 Å². The second kappa shape index (κ2) is 10.5. The minimum Gasteiger partial charge on any atom is -0.488 e. The van der Waals surface area contributed by atoms with Crippen LogP contribution in [0.15, 0.2) is 75.0 Å². The Labute approximate surface area is 225 Å². The van der Waals surface area contributed by atoms with Crippen LogP contribution in [0.1, 0.15) is 48.1 Å². The number of carbonyl (C=O) groups is 1. The molecule has 194 valence electrons. The lowest BCUT2D eigenvalue weighted by atomic mass is 9.95. The first kappa shape index (κ1) is 26.7. The van der Waals surface area contributed by atoms with Crippen LogP contribution in [0.3, 0.4) is 0 Å². The van der Waals surface area contributed by atoms with Crippen LogP contribution < -0.4 is 10.3 Å². The number of aromatic nitrogens is 2. The minimum atomic E-state index is -1.04. The van der Waals surface area contributed by atoms with Gasteiger partial charge in [-0.25, -0.2) is 9.78 Å². The molecule has 10 nitrogen and oxygen atoms in total. The molecule has 1 aromatic heterocycles. The smallest absolute Gasteiger partial charge is 0.335 e. The Morgan fingerprint density at radius 3 is 2.50 bits per heavy atom. The van der Waals surface area contributed by atoms with Crippen molar-refractivity contribution in [2.45, 2.75) is 32.8 Å². The van der Waals surface area contributed by atoms with Crippen molar-refractivity contribution in [2.75, 3.05) is 0 Å². The number of non-ortho nitro benzene ring substituents is 1. The zero-order chi connectivity index (χ0) is 27.6. The van der Waals surface area contributed by atoms with Gasteiger partial charge in [-0.3, -0.25) is 14.9 Å². The summed E-state index contributed by atoms with van der Waals surface area (Å²) in [7, 11) is 0. The van der Waals surface area contributed by atoms with Gasteiger partial charge in [-0.2, -0.15) is 9.78 Å². The van der Waals surface area contributed by atoms with Crippen LogP contribution in [0.4, 0.5) is 5.69 Å². The number of fused-ring (bicyclic) bond motifs is 1. The van der Waals surface area contributed by atoms with E-state index < -0.39 is 16.3 Å². The van der Waals surface area contributed by atoms with Gasteiger partial charge in [0.25, 0.3) is 11.2 Å². The maximum Gasteiger partial charge on any atom is 0.335 e. The lowest BCUT2D eigenvalue weighted by molar-refractivity contribution is -0.384. The standard InChI is InChI=1S/C27H23BrN4O6/c1-27(2,3)26-30-22-10-8-19(28)13-21(22)24(33)31(26)29-14-18-12-20(32(36)37)9-11-23(18)38-15-16-4-6-17(7-5-16)25(34)35/h4-14H,15H2,1-3H3,(H,34,35). The number of aromatic carboxylic acids is 1. The van der Waals surface area contributed by atoms with Crippen molar-refractivity contribution in [2.24, 2.45) is 5.10 Å². The predicted molar refractivity (Wildman–Crippen MR) is 146 cm³/mol. The van der Waals surface area contributed by atoms with Gasteiger partial charge >= 0.3 is 5.97 Å². The second-order valence-electron chi connectivity index (χ2n) is 9.48. The normalized spacial score (nSPS) is 11.7. The van der Waals surface area contributed by atoms with E-state index in [4.69, 9.17) is 9.84 Å². The first-order valence-electron chi connectivity index (χ1n) is 11.4. The number of halogens is 1. The van der Waals surface area contributed by atoms with E-state index in [2.05, 4.69) is 26.0 Å². The number of carboxylic acid groups (broad SMARTS) is 1. The van der Waals surface area contributed by atoms with Crippen LogP contribution in [0.2, 0.25) is 0 Å². The lowest BCUT2D eigenvalue weighted by Crippen LogP contribution is -2.29. The molecular formula is C27H23BrN4O6. The number of benzene rings is 3. The van der Waals surface area contributed by atoms with E-state index in [-0.39, 0.29) is 29.0 Å². The maximum atomic E-state index is 13.4. The number of carboxylic acids is 1. The van der Waals surface area contributed by atoms with E-state index >= 15 is 0 Å². The molecule has 0 fully saturated rings. The predicted octanol–water partition coefficient (Wildman–Crippen LogP) is 5.52. The highest BCUT2D eigenvalue weighted by atomic mass is 79.9. The van der Waals surface area contributed by atoms with Crippen molar-refractivity contribution < 1.29 is 19.6 Å². The molecule has 11 heteroatoms. The average molecular weight is 579 g/mol. The molecule has 3 aromatic carbocycles. The third-order valence-electron chi connectivity index (χ3n) is 5.59. The van der Waals surface area contributed by atoms with E-state index in [0.717, 1.165) is 0 Å². The molecule has 0 saturated heterocycles. The SMILES string of the molecule is CC(C)(C)c1nc2ccc(Br)cc2c(=O)n1N=Cc1cc([N+](=O)[O-])ccc1OCc1ccc(C(=O)O)cc1. The molecule has 0 bridgehead atoms. The Morgan fingerprint density at radius 2 is 1.87 bits per heavy atom. The number of ether oxygens (including phenoxy) is 1. The fourth-order valence-corrected chi connectivity index (χ4v) is 4.01. The molecule has 0 aliphatic rings. The Hall–Kier alpha value is -4.38. The molecule has 38 heavy (non-hydrogen) atoms. The fourth-order valence-electron chi connectivity index (χ4n) is 3.65.